The Hall–Kier alpha value is -1.07. The van der Waals surface area contributed by atoms with Crippen molar-refractivity contribution in [3.05, 3.63) is 59.2 Å². The fourth-order valence-corrected chi connectivity index (χ4v) is 13.3. The molecule has 0 amide bonds. The summed E-state index contributed by atoms with van der Waals surface area (Å²) in [5, 5.41) is 0. The van der Waals surface area contributed by atoms with Crippen LogP contribution in [0.3, 0.4) is 0 Å². The van der Waals surface area contributed by atoms with Crippen molar-refractivity contribution in [2.45, 2.75) is 84.1 Å². The van der Waals surface area contributed by atoms with E-state index in [0.717, 1.165) is 20.3 Å². The first-order chi connectivity index (χ1) is 14.7. The second kappa shape index (κ2) is 9.18. The van der Waals surface area contributed by atoms with Crippen LogP contribution in [0.1, 0.15) is 79.0 Å². The number of hydrogen-bond donors (Lipinski definition) is 1. The molecule has 1 N–H and O–H groups in total. The molecule has 0 heterocycles. The number of nitrogens with one attached hydrogen (secondary N) is 1. The van der Waals surface area contributed by atoms with Crippen LogP contribution in [0.4, 0.5) is 13.2 Å². The third-order valence-electron chi connectivity index (χ3n) is 5.25. The topological polar surface area (TPSA) is 46.2 Å². The maximum atomic E-state index is 13.5. The summed E-state index contributed by atoms with van der Waals surface area (Å²) in [5.41, 5.74) is -3.52. The van der Waals surface area contributed by atoms with E-state index in [1.165, 1.54) is 0 Å². The summed E-state index contributed by atoms with van der Waals surface area (Å²) in [7, 11) is -5.53. The summed E-state index contributed by atoms with van der Waals surface area (Å²) in [6, 6.07) is 12.8. The summed E-state index contributed by atoms with van der Waals surface area (Å²) in [6.07, 6.45) is 0. The predicted molar refractivity (Wildman–Crippen MR) is 132 cm³/mol. The third-order valence-corrected chi connectivity index (χ3v) is 14.1. The Labute approximate surface area is 204 Å². The van der Waals surface area contributed by atoms with Gasteiger partial charge in [-0.2, -0.15) is 0 Å². The number of sulfonamides is 1. The van der Waals surface area contributed by atoms with Crippen molar-refractivity contribution in [1.82, 2.24) is 2.97 Å². The van der Waals surface area contributed by atoms with Crippen LogP contribution in [0, 0.1) is 0 Å². The van der Waals surface area contributed by atoms with E-state index in [9.17, 15) is 21.6 Å². The normalized spacial score (nSPS) is 14.1. The van der Waals surface area contributed by atoms with Crippen molar-refractivity contribution in [2.24, 2.45) is 0 Å². The zero-order valence-corrected chi connectivity index (χ0v) is 24.0. The molecule has 2 rings (SSSR count). The van der Waals surface area contributed by atoms with E-state index < -0.39 is 46.2 Å². The van der Waals surface area contributed by atoms with E-state index in [2.05, 4.69) is 35.9 Å². The van der Waals surface area contributed by atoms with E-state index in [1.54, 1.807) is 30.3 Å². The number of hydrogen-bond acceptors (Lipinski definition) is 2. The van der Waals surface area contributed by atoms with E-state index >= 15 is 0 Å². The molecule has 2 aromatic carbocycles. The summed E-state index contributed by atoms with van der Waals surface area (Å²) in [5.74, 6) is 0. The molecular formula is C25H35F3NO2STe+. The Morgan fingerprint density at radius 3 is 1.48 bits per heavy atom. The van der Waals surface area contributed by atoms with Gasteiger partial charge in [0.25, 0.3) is 0 Å². The van der Waals surface area contributed by atoms with Crippen LogP contribution in [0.2, 0.25) is 0 Å². The molecule has 0 radical (unpaired) electrons. The predicted octanol–water partition coefficient (Wildman–Crippen LogP) is 5.12. The molecule has 184 valence electrons. The average Bonchev–Trinajstić information content (AvgIpc) is 2.62. The van der Waals surface area contributed by atoms with E-state index in [1.807, 2.05) is 41.5 Å². The van der Waals surface area contributed by atoms with Gasteiger partial charge in [-0.15, -0.1) is 0 Å². The molecular weight excluding hydrogens is 563 g/mol. The van der Waals surface area contributed by atoms with Crippen molar-refractivity contribution < 1.29 is 21.6 Å². The van der Waals surface area contributed by atoms with Crippen molar-refractivity contribution in [1.29, 1.82) is 0 Å². The number of halogens is 3. The molecule has 3 nitrogen and oxygen atoms in total. The second-order valence-corrected chi connectivity index (χ2v) is 18.6. The molecule has 0 saturated heterocycles. The molecule has 0 unspecified atom stereocenters. The van der Waals surface area contributed by atoms with Gasteiger partial charge in [0.05, 0.1) is 0 Å². The molecule has 33 heavy (non-hydrogen) atoms. The zero-order valence-electron chi connectivity index (χ0n) is 20.8. The van der Waals surface area contributed by atoms with Gasteiger partial charge in [-0.05, 0) is 0 Å². The molecule has 0 aromatic heterocycles. The molecule has 0 atom stereocenters. The van der Waals surface area contributed by atoms with Crippen LogP contribution in [-0.4, -0.2) is 33.7 Å². The molecule has 0 aliphatic heterocycles. The first kappa shape index (κ1) is 28.2. The fourth-order valence-electron chi connectivity index (χ4n) is 3.32. The first-order valence-corrected chi connectivity index (χ1v) is 15.7. The summed E-state index contributed by atoms with van der Waals surface area (Å²) >= 11 is -3.51. The Balaban J connectivity index is 3.04. The van der Waals surface area contributed by atoms with Gasteiger partial charge in [0.15, 0.2) is 0 Å². The van der Waals surface area contributed by atoms with Crippen molar-refractivity contribution in [3.8, 4) is 0 Å². The fraction of sp³-hybridized carbons (Fsp3) is 0.520. The van der Waals surface area contributed by atoms with E-state index in [4.69, 9.17) is 0 Å². The van der Waals surface area contributed by atoms with Crippen LogP contribution in [-0.2, 0) is 26.3 Å². The monoisotopic (exact) mass is 600 g/mol. The Bertz CT molecular complexity index is 1060. The zero-order chi connectivity index (χ0) is 25.6. The van der Waals surface area contributed by atoms with Gasteiger partial charge in [-0.3, -0.25) is 0 Å². The summed E-state index contributed by atoms with van der Waals surface area (Å²) < 4.78 is 68.7. The Morgan fingerprint density at radius 2 is 1.15 bits per heavy atom. The molecule has 0 fully saturated rings. The van der Waals surface area contributed by atoms with Crippen LogP contribution in [0.15, 0.2) is 42.5 Å². The van der Waals surface area contributed by atoms with E-state index in [0.29, 0.717) is 3.61 Å². The molecule has 0 bridgehead atoms. The van der Waals surface area contributed by atoms with Crippen LogP contribution in [0.5, 0.6) is 0 Å². The summed E-state index contributed by atoms with van der Waals surface area (Å²) in [4.78, 5) is 0. The van der Waals surface area contributed by atoms with Crippen molar-refractivity contribution in [2.75, 3.05) is 0 Å². The first-order valence-electron chi connectivity index (χ1n) is 10.7. The SMILES string of the molecule is CC(C)(C)c1cc(C(C)(C)C)c([Te+](NS(=O)(=O)C(F)(F)F)c2ccccc2)c(C(C)(C)C)c1. The minimum absolute atomic E-state index is 0.183. The van der Waals surface area contributed by atoms with Crippen molar-refractivity contribution >= 4 is 37.1 Å². The van der Waals surface area contributed by atoms with Gasteiger partial charge in [0.1, 0.15) is 0 Å². The quantitative estimate of drug-likeness (QED) is 0.497. The average molecular weight is 598 g/mol. The number of rotatable bonds is 4. The van der Waals surface area contributed by atoms with Gasteiger partial charge in [0, 0.05) is 0 Å². The molecule has 8 heteroatoms. The molecule has 0 aliphatic rings. The van der Waals surface area contributed by atoms with Gasteiger partial charge >= 0.3 is 205 Å². The Morgan fingerprint density at radius 1 is 0.727 bits per heavy atom. The molecule has 0 spiro atoms. The van der Waals surface area contributed by atoms with Gasteiger partial charge < -0.3 is 0 Å². The number of alkyl halides is 3. The van der Waals surface area contributed by atoms with Crippen molar-refractivity contribution in [3.63, 3.8) is 0 Å². The molecule has 0 aliphatic carbocycles. The Kier molecular flexibility index (Phi) is 7.84. The summed E-state index contributed by atoms with van der Waals surface area (Å²) in [6.45, 7) is 18.4. The van der Waals surface area contributed by atoms with Crippen LogP contribution < -0.4 is 10.2 Å². The van der Waals surface area contributed by atoms with Gasteiger partial charge in [-0.25, -0.2) is 0 Å². The minimum atomic E-state index is -5.53. The standard InChI is InChI=1S/C25H35F3NO2STe/c1-22(2,3)17-15-19(23(4,5)6)21(20(16-17)24(7,8)9)33(18-13-11-10-12-14-18)29-32(30,31)25(26,27)28/h10-16,29H,1-9H3/q+1. The third kappa shape index (κ3) is 6.54. The van der Waals surface area contributed by atoms with Gasteiger partial charge in [-0.1, -0.05) is 0 Å². The van der Waals surface area contributed by atoms with Gasteiger partial charge in [0.2, 0.25) is 0 Å². The van der Waals surface area contributed by atoms with E-state index in [-0.39, 0.29) is 5.41 Å². The number of benzene rings is 2. The maximum absolute atomic E-state index is 13.5. The second-order valence-electron chi connectivity index (χ2n) is 11.3. The molecule has 0 saturated carbocycles. The van der Waals surface area contributed by atoms with Crippen LogP contribution in [0.25, 0.3) is 0 Å². The molecule has 2 aromatic rings. The van der Waals surface area contributed by atoms with Crippen LogP contribution >= 0.6 is 0 Å².